The summed E-state index contributed by atoms with van der Waals surface area (Å²) in [6.07, 6.45) is 0. The number of nitrogens with one attached hydrogen (secondary N) is 1. The maximum Gasteiger partial charge on any atom is 0.313 e. The van der Waals surface area contributed by atoms with Crippen LogP contribution in [-0.4, -0.2) is 25.2 Å². The van der Waals surface area contributed by atoms with E-state index < -0.39 is 44.5 Å². The minimum atomic E-state index is -10.2. The third-order valence-corrected chi connectivity index (χ3v) is 4.22. The third-order valence-electron chi connectivity index (χ3n) is 3.08. The van der Waals surface area contributed by atoms with Crippen molar-refractivity contribution in [3.8, 4) is 0 Å². The molecule has 0 bridgehead atoms. The van der Waals surface area contributed by atoms with E-state index in [-0.39, 0.29) is 25.3 Å². The fraction of sp³-hybridized carbons (Fsp3) is 0.364. The first-order valence-electron chi connectivity index (χ1n) is 5.96. The molecule has 1 aliphatic rings. The molecule has 1 amide bonds. The van der Waals surface area contributed by atoms with Gasteiger partial charge in [-0.05, 0) is 18.2 Å². The molecule has 1 heterocycles. The van der Waals surface area contributed by atoms with Gasteiger partial charge in [0.15, 0.2) is 0 Å². The summed E-state index contributed by atoms with van der Waals surface area (Å²) < 4.78 is 81.5. The molecule has 0 saturated carbocycles. The molecule has 2 rings (SSSR count). The highest BCUT2D eigenvalue weighted by molar-refractivity contribution is 8.45. The molecule has 0 aromatic heterocycles. The Morgan fingerprint density at radius 2 is 1.86 bits per heavy atom. The molecule has 4 nitrogen and oxygen atoms in total. The van der Waals surface area contributed by atoms with E-state index in [1.54, 1.807) is 0 Å². The molecule has 22 heavy (non-hydrogen) atoms. The second-order valence-electron chi connectivity index (χ2n) is 4.91. The highest BCUT2D eigenvalue weighted by Gasteiger charge is 2.67. The molecule has 2 atom stereocenters. The molecule has 0 radical (unpaired) electrons. The number of carbonyl (C=O) groups excluding carboxylic acids is 1. The first-order chi connectivity index (χ1) is 9.77. The molecular weight excluding hydrogens is 338 g/mol. The summed E-state index contributed by atoms with van der Waals surface area (Å²) in [5.41, 5.74) is 4.96. The van der Waals surface area contributed by atoms with Gasteiger partial charge in [0.25, 0.3) is 0 Å². The van der Waals surface area contributed by atoms with E-state index in [2.05, 4.69) is 0 Å². The maximum atomic E-state index is 13.1. The van der Waals surface area contributed by atoms with E-state index >= 15 is 0 Å². The number of anilines is 1. The topological polar surface area (TPSA) is 64.3 Å². The molecule has 1 aromatic carbocycles. The van der Waals surface area contributed by atoms with Crippen molar-refractivity contribution in [1.82, 2.24) is 0 Å². The van der Waals surface area contributed by atoms with Crippen LogP contribution in [0.25, 0.3) is 0 Å². The first kappa shape index (κ1) is 16.9. The summed E-state index contributed by atoms with van der Waals surface area (Å²) in [4.78, 5) is 9.13. The molecule has 1 saturated heterocycles. The largest absolute Gasteiger partial charge is 0.379 e. The van der Waals surface area contributed by atoms with Crippen LogP contribution in [0.1, 0.15) is 0 Å². The first-order valence-corrected chi connectivity index (χ1v) is 7.91. The lowest BCUT2D eigenvalue weighted by Crippen LogP contribution is -2.37. The van der Waals surface area contributed by atoms with Crippen LogP contribution >= 0.6 is 10.2 Å². The van der Waals surface area contributed by atoms with Crippen molar-refractivity contribution in [1.29, 1.82) is 0 Å². The van der Waals surface area contributed by atoms with Gasteiger partial charge in [0.2, 0.25) is 5.91 Å². The van der Waals surface area contributed by atoms with Gasteiger partial charge >= 0.3 is 10.2 Å². The predicted octanol–water partition coefficient (Wildman–Crippen LogP) is 3.40. The van der Waals surface area contributed by atoms with Crippen molar-refractivity contribution in [3.05, 3.63) is 24.0 Å². The zero-order chi connectivity index (χ0) is 16.8. The fourth-order valence-corrected chi connectivity index (χ4v) is 2.74. The lowest BCUT2D eigenvalue weighted by Gasteiger charge is -2.40. The van der Waals surface area contributed by atoms with E-state index in [0.717, 1.165) is 6.07 Å². The predicted molar refractivity (Wildman–Crippen MR) is 68.7 cm³/mol. The van der Waals surface area contributed by atoms with Crippen LogP contribution in [-0.2, 0) is 9.53 Å². The second-order valence-corrected chi connectivity index (χ2v) is 7.29. The number of amides is 1. The SMILES string of the molecule is NC1COCC1C(=O)Nc1ccc(F)c(S(F)(F)(F)(F)F)c1. The quantitative estimate of drug-likeness (QED) is 0.822. The van der Waals surface area contributed by atoms with Gasteiger partial charge in [-0.1, -0.05) is 19.4 Å². The monoisotopic (exact) mass is 350 g/mol. The van der Waals surface area contributed by atoms with Crippen molar-refractivity contribution in [3.63, 3.8) is 0 Å². The van der Waals surface area contributed by atoms with Gasteiger partial charge in [-0.3, -0.25) is 4.79 Å². The zero-order valence-corrected chi connectivity index (χ0v) is 11.7. The van der Waals surface area contributed by atoms with Crippen molar-refractivity contribution < 1.29 is 33.4 Å². The van der Waals surface area contributed by atoms with Gasteiger partial charge < -0.3 is 15.8 Å². The Hall–Kier alpha value is -1.46. The Morgan fingerprint density at radius 1 is 1.23 bits per heavy atom. The molecule has 0 aliphatic carbocycles. The number of carbonyl (C=O) groups is 1. The van der Waals surface area contributed by atoms with Crippen molar-refractivity contribution >= 4 is 21.8 Å². The van der Waals surface area contributed by atoms with Crippen LogP contribution in [0.4, 0.5) is 29.5 Å². The third kappa shape index (κ3) is 3.65. The summed E-state index contributed by atoms with van der Waals surface area (Å²) in [7, 11) is -10.2. The minimum absolute atomic E-state index is 0.0391. The Morgan fingerprint density at radius 3 is 2.36 bits per heavy atom. The average Bonchev–Trinajstić information content (AvgIpc) is 2.75. The van der Waals surface area contributed by atoms with Crippen LogP contribution < -0.4 is 11.1 Å². The van der Waals surface area contributed by atoms with Crippen LogP contribution in [0.15, 0.2) is 23.1 Å². The Kier molecular flexibility index (Phi) is 3.47. The number of hydrogen-bond donors (Lipinski definition) is 2. The number of nitrogens with two attached hydrogens (primary N) is 1. The van der Waals surface area contributed by atoms with Crippen LogP contribution in [0.5, 0.6) is 0 Å². The Balaban J connectivity index is 2.30. The van der Waals surface area contributed by atoms with Gasteiger partial charge in [0, 0.05) is 11.7 Å². The summed E-state index contributed by atoms with van der Waals surface area (Å²) in [5.74, 6) is -3.73. The molecule has 2 unspecified atom stereocenters. The van der Waals surface area contributed by atoms with Crippen LogP contribution in [0.2, 0.25) is 0 Å². The Labute approximate surface area is 121 Å². The van der Waals surface area contributed by atoms with Crippen LogP contribution in [0, 0.1) is 11.7 Å². The van der Waals surface area contributed by atoms with E-state index in [1.807, 2.05) is 5.32 Å². The summed E-state index contributed by atoms with van der Waals surface area (Å²) in [6, 6.07) is 0.182. The number of benzene rings is 1. The van der Waals surface area contributed by atoms with Crippen LogP contribution in [0.3, 0.4) is 0 Å². The van der Waals surface area contributed by atoms with E-state index in [1.165, 1.54) is 0 Å². The zero-order valence-electron chi connectivity index (χ0n) is 10.9. The van der Waals surface area contributed by atoms with Gasteiger partial charge in [-0.2, -0.15) is 0 Å². The second kappa shape index (κ2) is 4.52. The lowest BCUT2D eigenvalue weighted by atomic mass is 10.0. The highest BCUT2D eigenvalue weighted by atomic mass is 32.5. The molecule has 1 fully saturated rings. The fourth-order valence-electron chi connectivity index (χ4n) is 1.95. The smallest absolute Gasteiger partial charge is 0.313 e. The maximum absolute atomic E-state index is 13.1. The highest BCUT2D eigenvalue weighted by Crippen LogP contribution is 3.02. The van der Waals surface area contributed by atoms with Gasteiger partial charge in [0.1, 0.15) is 10.7 Å². The summed E-state index contributed by atoms with van der Waals surface area (Å²) in [5, 5.41) is 2.01. The van der Waals surface area contributed by atoms with Gasteiger partial charge in [0.05, 0.1) is 19.1 Å². The molecule has 126 valence electrons. The van der Waals surface area contributed by atoms with Gasteiger partial charge in [-0.15, -0.1) is 0 Å². The average molecular weight is 350 g/mol. The molecule has 3 N–H and O–H groups in total. The molecule has 11 heteroatoms. The number of rotatable bonds is 3. The van der Waals surface area contributed by atoms with Crippen molar-refractivity contribution in [2.45, 2.75) is 10.9 Å². The van der Waals surface area contributed by atoms with Crippen molar-refractivity contribution in [2.75, 3.05) is 18.5 Å². The molecule has 1 aliphatic heterocycles. The molecule has 1 aromatic rings. The van der Waals surface area contributed by atoms with Crippen molar-refractivity contribution in [2.24, 2.45) is 11.7 Å². The molecule has 0 spiro atoms. The molecular formula is C11H12F6N2O2S. The number of ether oxygens (including phenoxy) is 1. The Bertz CT molecular complexity index is 621. The minimum Gasteiger partial charge on any atom is -0.379 e. The van der Waals surface area contributed by atoms with E-state index in [9.17, 15) is 28.6 Å². The standard InChI is InChI=1S/C11H12F6N2O2S/c12-8-2-1-6(3-10(8)22(13,14,15,16)17)19-11(20)7-4-21-5-9(7)18/h1-3,7,9H,4-5,18H2,(H,19,20). The number of halogens is 6. The summed E-state index contributed by atoms with van der Waals surface area (Å²) in [6.45, 7) is 0.0564. The number of hydrogen-bond acceptors (Lipinski definition) is 3. The lowest BCUT2D eigenvalue weighted by molar-refractivity contribution is -0.120. The normalized spacial score (nSPS) is 25.4. The van der Waals surface area contributed by atoms with E-state index in [0.29, 0.717) is 0 Å². The van der Waals surface area contributed by atoms with E-state index in [4.69, 9.17) is 10.5 Å². The summed E-state index contributed by atoms with van der Waals surface area (Å²) >= 11 is 0. The van der Waals surface area contributed by atoms with Gasteiger partial charge in [-0.25, -0.2) is 4.39 Å².